The molecule has 0 amide bonds. The van der Waals surface area contributed by atoms with Gasteiger partial charge in [0.2, 0.25) is 11.6 Å². The Morgan fingerprint density at radius 3 is 2.55 bits per heavy atom. The smallest absolute Gasteiger partial charge is 0.287 e. The summed E-state index contributed by atoms with van der Waals surface area (Å²) in [6.07, 6.45) is -4.73. The summed E-state index contributed by atoms with van der Waals surface area (Å²) in [5.41, 5.74) is -0.103. The van der Waals surface area contributed by atoms with E-state index >= 15 is 0 Å². The summed E-state index contributed by atoms with van der Waals surface area (Å²) in [6.45, 7) is 0. The van der Waals surface area contributed by atoms with Crippen molar-refractivity contribution in [2.24, 2.45) is 0 Å². The van der Waals surface area contributed by atoms with Crippen LogP contribution in [0.25, 0.3) is 10.2 Å². The minimum absolute atomic E-state index is 0.0859. The molecule has 2 heterocycles. The number of ketones is 1. The lowest BCUT2D eigenvalue weighted by Crippen LogP contribution is -2.15. The molecular weight excluding hydrogens is 337 g/mol. The first-order chi connectivity index (χ1) is 10.4. The molecule has 0 saturated carbocycles. The van der Waals surface area contributed by atoms with Crippen molar-refractivity contribution in [1.82, 2.24) is 9.97 Å². The quantitative estimate of drug-likeness (QED) is 0.639. The molecule has 0 fully saturated rings. The largest absolute Gasteiger partial charge is 0.451 e. The first kappa shape index (κ1) is 14.9. The van der Waals surface area contributed by atoms with Gasteiger partial charge in [-0.05, 0) is 23.6 Å². The van der Waals surface area contributed by atoms with Gasteiger partial charge in [-0.3, -0.25) is 4.79 Å². The highest BCUT2D eigenvalue weighted by molar-refractivity contribution is 7.17. The first-order valence-corrected chi connectivity index (χ1v) is 7.25. The molecule has 0 bridgehead atoms. The third-order valence-corrected chi connectivity index (χ3v) is 4.13. The molecule has 0 aliphatic rings. The fourth-order valence-electron chi connectivity index (χ4n) is 1.92. The highest BCUT2D eigenvalue weighted by atomic mass is 35.5. The highest BCUT2D eigenvalue weighted by Gasteiger charge is 2.36. The van der Waals surface area contributed by atoms with Crippen molar-refractivity contribution in [2.75, 3.05) is 0 Å². The Morgan fingerprint density at radius 1 is 1.14 bits per heavy atom. The Labute approximate surface area is 131 Å². The molecule has 1 aromatic carbocycles. The molecule has 3 nitrogen and oxygen atoms in total. The average Bonchev–Trinajstić information content (AvgIpc) is 2.93. The number of rotatable bonds is 2. The van der Waals surface area contributed by atoms with Crippen molar-refractivity contribution in [3.63, 3.8) is 0 Å². The maximum Gasteiger partial charge on any atom is 0.451 e. The van der Waals surface area contributed by atoms with Crippen molar-refractivity contribution in [3.8, 4) is 0 Å². The fraction of sp³-hybridized carbons (Fsp3) is 0.0714. The van der Waals surface area contributed by atoms with E-state index in [2.05, 4.69) is 9.97 Å². The molecular formula is C14H6ClF3N2OS. The number of halogens is 4. The number of alkyl halides is 3. The summed E-state index contributed by atoms with van der Waals surface area (Å²) in [4.78, 5) is 19.4. The zero-order valence-electron chi connectivity index (χ0n) is 10.7. The maximum absolute atomic E-state index is 12.9. The van der Waals surface area contributed by atoms with Gasteiger partial charge in [-0.1, -0.05) is 23.7 Å². The first-order valence-electron chi connectivity index (χ1n) is 5.99. The van der Waals surface area contributed by atoms with Crippen LogP contribution < -0.4 is 0 Å². The summed E-state index contributed by atoms with van der Waals surface area (Å²) >= 11 is 7.05. The number of aromatic nitrogens is 2. The summed E-state index contributed by atoms with van der Waals surface area (Å²) in [6, 6.07) is 7.56. The van der Waals surface area contributed by atoms with Crippen molar-refractivity contribution < 1.29 is 18.0 Å². The number of thiophene rings is 1. The van der Waals surface area contributed by atoms with E-state index in [1.807, 2.05) is 0 Å². The van der Waals surface area contributed by atoms with Crippen molar-refractivity contribution >= 4 is 38.9 Å². The van der Waals surface area contributed by atoms with E-state index in [0.717, 1.165) is 11.3 Å². The zero-order chi connectivity index (χ0) is 15.9. The zero-order valence-corrected chi connectivity index (χ0v) is 12.3. The molecule has 0 aliphatic carbocycles. The molecule has 3 aromatic rings. The van der Waals surface area contributed by atoms with E-state index in [4.69, 9.17) is 11.6 Å². The molecule has 2 aromatic heterocycles. The fourth-order valence-corrected chi connectivity index (χ4v) is 2.96. The Kier molecular flexibility index (Phi) is 3.62. The van der Waals surface area contributed by atoms with E-state index < -0.39 is 17.8 Å². The van der Waals surface area contributed by atoms with Gasteiger partial charge in [-0.15, -0.1) is 11.3 Å². The van der Waals surface area contributed by atoms with Crippen LogP contribution in [-0.2, 0) is 6.18 Å². The second-order valence-electron chi connectivity index (χ2n) is 4.34. The predicted molar refractivity (Wildman–Crippen MR) is 77.3 cm³/mol. The highest BCUT2D eigenvalue weighted by Crippen LogP contribution is 2.32. The van der Waals surface area contributed by atoms with Crippen LogP contribution in [0.2, 0.25) is 5.02 Å². The Bertz CT molecular complexity index is 876. The van der Waals surface area contributed by atoms with Gasteiger partial charge in [-0.2, -0.15) is 13.2 Å². The number of benzene rings is 1. The van der Waals surface area contributed by atoms with Crippen LogP contribution in [0.15, 0.2) is 35.7 Å². The molecule has 0 spiro atoms. The lowest BCUT2D eigenvalue weighted by atomic mass is 10.1. The normalized spacial score (nSPS) is 11.8. The molecule has 0 N–H and O–H groups in total. The Morgan fingerprint density at radius 2 is 1.86 bits per heavy atom. The molecule has 0 unspecified atom stereocenters. The molecule has 0 radical (unpaired) electrons. The van der Waals surface area contributed by atoms with Crippen LogP contribution in [0.1, 0.15) is 21.9 Å². The maximum atomic E-state index is 12.9. The molecule has 8 heteroatoms. The Hall–Kier alpha value is -1.99. The summed E-state index contributed by atoms with van der Waals surface area (Å²) in [7, 11) is 0. The topological polar surface area (TPSA) is 42.9 Å². The summed E-state index contributed by atoms with van der Waals surface area (Å²) in [5, 5.41) is 1.72. The van der Waals surface area contributed by atoms with Crippen LogP contribution in [0, 0.1) is 0 Å². The second-order valence-corrected chi connectivity index (χ2v) is 5.66. The van der Waals surface area contributed by atoms with Crippen molar-refractivity contribution in [3.05, 3.63) is 57.8 Å². The van der Waals surface area contributed by atoms with E-state index in [0.29, 0.717) is 4.70 Å². The molecule has 0 saturated heterocycles. The number of fused-ring (bicyclic) bond motifs is 1. The van der Waals surface area contributed by atoms with E-state index in [1.165, 1.54) is 18.2 Å². The van der Waals surface area contributed by atoms with Gasteiger partial charge in [0.05, 0.1) is 15.2 Å². The number of hydrogen-bond acceptors (Lipinski definition) is 4. The standard InChI is InChI=1S/C14H6ClF3N2OS/c15-8-4-2-1-3-7(8)11(21)10-12-9(5-6-22-12)19-13(20-10)14(16,17)18/h1-6H. The van der Waals surface area contributed by atoms with Crippen molar-refractivity contribution in [1.29, 1.82) is 0 Å². The van der Waals surface area contributed by atoms with Gasteiger partial charge in [0.25, 0.3) is 0 Å². The number of carbonyl (C=O) groups is 1. The van der Waals surface area contributed by atoms with Gasteiger partial charge in [-0.25, -0.2) is 9.97 Å². The van der Waals surface area contributed by atoms with Crippen LogP contribution in [0.3, 0.4) is 0 Å². The van der Waals surface area contributed by atoms with Gasteiger partial charge >= 0.3 is 6.18 Å². The van der Waals surface area contributed by atoms with Crippen LogP contribution in [-0.4, -0.2) is 15.8 Å². The van der Waals surface area contributed by atoms with Crippen LogP contribution >= 0.6 is 22.9 Å². The second kappa shape index (κ2) is 5.33. The van der Waals surface area contributed by atoms with Crippen molar-refractivity contribution in [2.45, 2.75) is 6.18 Å². The van der Waals surface area contributed by atoms with Crippen LogP contribution in [0.5, 0.6) is 0 Å². The summed E-state index contributed by atoms with van der Waals surface area (Å²) < 4.78 is 39.0. The molecule has 112 valence electrons. The van der Waals surface area contributed by atoms with Gasteiger partial charge in [0.15, 0.2) is 0 Å². The third kappa shape index (κ3) is 2.57. The molecule has 0 atom stereocenters. The lowest BCUT2D eigenvalue weighted by Gasteiger charge is -2.08. The minimum atomic E-state index is -4.73. The lowest BCUT2D eigenvalue weighted by molar-refractivity contribution is -0.144. The monoisotopic (exact) mass is 342 g/mol. The predicted octanol–water partition coefficient (Wildman–Crippen LogP) is 4.59. The molecule has 3 rings (SSSR count). The number of carbonyl (C=O) groups excluding carboxylic acids is 1. The Balaban J connectivity index is 2.24. The SMILES string of the molecule is O=C(c1ccccc1Cl)c1nc(C(F)(F)F)nc2ccsc12. The van der Waals surface area contributed by atoms with Crippen LogP contribution in [0.4, 0.5) is 13.2 Å². The number of hydrogen-bond donors (Lipinski definition) is 0. The van der Waals surface area contributed by atoms with E-state index in [-0.39, 0.29) is 21.8 Å². The van der Waals surface area contributed by atoms with Gasteiger partial charge < -0.3 is 0 Å². The van der Waals surface area contributed by atoms with Gasteiger partial charge in [0.1, 0.15) is 5.69 Å². The van der Waals surface area contributed by atoms with E-state index in [9.17, 15) is 18.0 Å². The molecule has 0 aliphatic heterocycles. The van der Waals surface area contributed by atoms with Gasteiger partial charge in [0, 0.05) is 5.56 Å². The van der Waals surface area contributed by atoms with E-state index in [1.54, 1.807) is 17.5 Å². The third-order valence-electron chi connectivity index (χ3n) is 2.89. The summed E-state index contributed by atoms with van der Waals surface area (Å²) in [5.74, 6) is -2.00. The molecule has 22 heavy (non-hydrogen) atoms. The average molecular weight is 343 g/mol. The minimum Gasteiger partial charge on any atom is -0.287 e. The number of nitrogens with zero attached hydrogens (tertiary/aromatic N) is 2.